The molecule has 2 aromatic rings. The second-order valence-corrected chi connectivity index (χ2v) is 4.08. The van der Waals surface area contributed by atoms with Crippen LogP contribution in [0.3, 0.4) is 0 Å². The van der Waals surface area contributed by atoms with Gasteiger partial charge in [0.25, 0.3) is 0 Å². The van der Waals surface area contributed by atoms with Crippen LogP contribution in [0.5, 0.6) is 0 Å². The highest BCUT2D eigenvalue weighted by Gasteiger charge is 2.12. The lowest BCUT2D eigenvalue weighted by Gasteiger charge is -2.09. The normalized spacial score (nSPS) is 10.2. The maximum atomic E-state index is 11.8. The molecular formula is C13H17N5O2. The minimum atomic E-state index is -0.363. The van der Waals surface area contributed by atoms with E-state index in [4.69, 9.17) is 4.74 Å². The molecule has 0 aliphatic carbocycles. The van der Waals surface area contributed by atoms with Gasteiger partial charge in [0.2, 0.25) is 0 Å². The molecule has 0 radical (unpaired) electrons. The molecule has 2 rings (SSSR count). The van der Waals surface area contributed by atoms with Gasteiger partial charge in [-0.15, -0.1) is 0 Å². The molecule has 0 aliphatic heterocycles. The predicted octanol–water partition coefficient (Wildman–Crippen LogP) is 1.42. The van der Waals surface area contributed by atoms with E-state index in [1.54, 1.807) is 25.3 Å². The summed E-state index contributed by atoms with van der Waals surface area (Å²) in [6, 6.07) is 3.41. The fourth-order valence-electron chi connectivity index (χ4n) is 1.73. The Bertz CT molecular complexity index is 541. The largest absolute Gasteiger partial charge is 0.462 e. The van der Waals surface area contributed by atoms with Crippen LogP contribution < -0.4 is 5.32 Å². The maximum absolute atomic E-state index is 11.8. The fraction of sp³-hybridized carbons (Fsp3) is 0.385. The molecule has 0 bridgehead atoms. The third-order valence-electron chi connectivity index (χ3n) is 2.65. The van der Waals surface area contributed by atoms with E-state index < -0.39 is 0 Å². The Labute approximate surface area is 116 Å². The number of nitrogens with one attached hydrogen (secondary N) is 2. The quantitative estimate of drug-likeness (QED) is 0.586. The van der Waals surface area contributed by atoms with E-state index in [-0.39, 0.29) is 5.97 Å². The van der Waals surface area contributed by atoms with E-state index in [1.165, 1.54) is 6.33 Å². The Morgan fingerprint density at radius 2 is 2.35 bits per heavy atom. The molecule has 7 heteroatoms. The van der Waals surface area contributed by atoms with E-state index >= 15 is 0 Å². The van der Waals surface area contributed by atoms with Crippen molar-refractivity contribution in [1.82, 2.24) is 20.2 Å². The maximum Gasteiger partial charge on any atom is 0.341 e. The summed E-state index contributed by atoms with van der Waals surface area (Å²) in [4.78, 5) is 20.0. The van der Waals surface area contributed by atoms with E-state index in [1.807, 2.05) is 0 Å². The van der Waals surface area contributed by atoms with Crippen LogP contribution in [0.4, 0.5) is 5.82 Å². The second-order valence-electron chi connectivity index (χ2n) is 4.08. The minimum Gasteiger partial charge on any atom is -0.462 e. The number of esters is 1. The molecule has 2 N–H and O–H groups in total. The zero-order valence-electron chi connectivity index (χ0n) is 11.3. The van der Waals surface area contributed by atoms with Crippen LogP contribution in [-0.2, 0) is 11.2 Å². The first-order chi connectivity index (χ1) is 9.81. The highest BCUT2D eigenvalue weighted by atomic mass is 16.5. The van der Waals surface area contributed by atoms with Crippen LogP contribution in [-0.4, -0.2) is 39.3 Å². The number of ether oxygens (including phenoxy) is 1. The third-order valence-corrected chi connectivity index (χ3v) is 2.65. The molecule has 0 amide bonds. The van der Waals surface area contributed by atoms with Gasteiger partial charge in [-0.2, -0.15) is 5.10 Å². The van der Waals surface area contributed by atoms with Crippen LogP contribution in [0.2, 0.25) is 0 Å². The minimum absolute atomic E-state index is 0.346. The molecular weight excluding hydrogens is 258 g/mol. The van der Waals surface area contributed by atoms with Crippen molar-refractivity contribution in [3.63, 3.8) is 0 Å². The zero-order valence-corrected chi connectivity index (χ0v) is 11.3. The summed E-state index contributed by atoms with van der Waals surface area (Å²) >= 11 is 0. The number of carbonyl (C=O) groups excluding carboxylic acids is 1. The fourth-order valence-corrected chi connectivity index (χ4v) is 1.73. The number of aromatic amines is 1. The first-order valence-electron chi connectivity index (χ1n) is 6.51. The molecule has 0 unspecified atom stereocenters. The van der Waals surface area contributed by atoms with Crippen molar-refractivity contribution in [3.8, 4) is 0 Å². The zero-order chi connectivity index (χ0) is 14.2. The molecule has 106 valence electrons. The highest BCUT2D eigenvalue weighted by Crippen LogP contribution is 2.13. The summed E-state index contributed by atoms with van der Waals surface area (Å²) in [6.07, 6.45) is 4.77. The van der Waals surface area contributed by atoms with Gasteiger partial charge in [0.05, 0.1) is 6.61 Å². The lowest BCUT2D eigenvalue weighted by atomic mass is 10.2. The van der Waals surface area contributed by atoms with Crippen molar-refractivity contribution in [3.05, 3.63) is 36.0 Å². The number of H-pyrrole nitrogens is 1. The first kappa shape index (κ1) is 14.0. The summed E-state index contributed by atoms with van der Waals surface area (Å²) in [5, 5.41) is 9.73. The first-order valence-corrected chi connectivity index (χ1v) is 6.51. The van der Waals surface area contributed by atoms with Gasteiger partial charge in [-0.05, 0) is 25.5 Å². The van der Waals surface area contributed by atoms with Gasteiger partial charge in [0, 0.05) is 19.2 Å². The molecule has 0 saturated heterocycles. The summed E-state index contributed by atoms with van der Waals surface area (Å²) in [7, 11) is 0. The number of hydrogen-bond acceptors (Lipinski definition) is 6. The van der Waals surface area contributed by atoms with Crippen molar-refractivity contribution in [2.24, 2.45) is 0 Å². The molecule has 0 saturated carbocycles. The smallest absolute Gasteiger partial charge is 0.341 e. The predicted molar refractivity (Wildman–Crippen MR) is 73.4 cm³/mol. The topological polar surface area (TPSA) is 92.8 Å². The summed E-state index contributed by atoms with van der Waals surface area (Å²) in [6.45, 7) is 2.81. The van der Waals surface area contributed by atoms with E-state index in [2.05, 4.69) is 25.5 Å². The summed E-state index contributed by atoms with van der Waals surface area (Å²) < 4.78 is 4.99. The Morgan fingerprint density at radius 1 is 1.45 bits per heavy atom. The summed E-state index contributed by atoms with van der Waals surface area (Å²) in [5.74, 6) is 1.03. The standard InChI is InChI=1S/C13H17N5O2/c1-2-20-13(19)10-5-3-7-14-12(10)15-8-4-6-11-16-9-17-18-11/h3,5,7,9H,2,4,6,8H2,1H3,(H,14,15)(H,16,17,18). The molecule has 0 fully saturated rings. The van der Waals surface area contributed by atoms with Gasteiger partial charge in [-0.3, -0.25) is 5.10 Å². The van der Waals surface area contributed by atoms with Crippen LogP contribution in [0.15, 0.2) is 24.7 Å². The SMILES string of the molecule is CCOC(=O)c1cccnc1NCCCc1ncn[nH]1. The number of aryl methyl sites for hydroxylation is 1. The molecule has 2 heterocycles. The van der Waals surface area contributed by atoms with Crippen LogP contribution in [0, 0.1) is 0 Å². The highest BCUT2D eigenvalue weighted by molar-refractivity contribution is 5.94. The second kappa shape index (κ2) is 7.22. The molecule has 7 nitrogen and oxygen atoms in total. The van der Waals surface area contributed by atoms with Crippen molar-refractivity contribution in [2.75, 3.05) is 18.5 Å². The molecule has 0 aliphatic rings. The number of rotatable bonds is 7. The molecule has 0 aromatic carbocycles. The van der Waals surface area contributed by atoms with Gasteiger partial charge >= 0.3 is 5.97 Å². The van der Waals surface area contributed by atoms with Gasteiger partial charge < -0.3 is 10.1 Å². The van der Waals surface area contributed by atoms with Crippen molar-refractivity contribution < 1.29 is 9.53 Å². The van der Waals surface area contributed by atoms with Crippen LogP contribution in [0.25, 0.3) is 0 Å². The number of nitrogens with zero attached hydrogens (tertiary/aromatic N) is 3. The number of hydrogen-bond donors (Lipinski definition) is 2. The van der Waals surface area contributed by atoms with Crippen molar-refractivity contribution in [1.29, 1.82) is 0 Å². The van der Waals surface area contributed by atoms with E-state index in [0.717, 1.165) is 18.7 Å². The van der Waals surface area contributed by atoms with Crippen molar-refractivity contribution in [2.45, 2.75) is 19.8 Å². The van der Waals surface area contributed by atoms with E-state index in [0.29, 0.717) is 24.5 Å². The summed E-state index contributed by atoms with van der Waals surface area (Å²) in [5.41, 5.74) is 0.453. The Kier molecular flexibility index (Phi) is 5.05. The molecule has 0 atom stereocenters. The lowest BCUT2D eigenvalue weighted by Crippen LogP contribution is -2.12. The number of pyridine rings is 1. The van der Waals surface area contributed by atoms with Gasteiger partial charge in [-0.25, -0.2) is 14.8 Å². The molecule has 2 aromatic heterocycles. The van der Waals surface area contributed by atoms with Gasteiger partial charge in [0.1, 0.15) is 23.5 Å². The van der Waals surface area contributed by atoms with Crippen molar-refractivity contribution >= 4 is 11.8 Å². The monoisotopic (exact) mass is 275 g/mol. The van der Waals surface area contributed by atoms with Crippen LogP contribution >= 0.6 is 0 Å². The average Bonchev–Trinajstić information content (AvgIpc) is 2.97. The van der Waals surface area contributed by atoms with E-state index in [9.17, 15) is 4.79 Å². The Morgan fingerprint density at radius 3 is 3.10 bits per heavy atom. The Hall–Kier alpha value is -2.44. The molecule has 0 spiro atoms. The average molecular weight is 275 g/mol. The van der Waals surface area contributed by atoms with Gasteiger partial charge in [-0.1, -0.05) is 0 Å². The third kappa shape index (κ3) is 3.78. The molecule has 20 heavy (non-hydrogen) atoms. The number of aromatic nitrogens is 4. The Balaban J connectivity index is 1.87. The lowest BCUT2D eigenvalue weighted by molar-refractivity contribution is 0.0527. The van der Waals surface area contributed by atoms with Gasteiger partial charge in [0.15, 0.2) is 0 Å². The van der Waals surface area contributed by atoms with Crippen LogP contribution in [0.1, 0.15) is 29.5 Å². The number of anilines is 1. The number of carbonyl (C=O) groups is 1.